The number of hydrogen-bond acceptors (Lipinski definition) is 5. The molecule has 0 fully saturated rings. The Morgan fingerprint density at radius 2 is 1.93 bits per heavy atom. The zero-order valence-electron chi connectivity index (χ0n) is 14.1. The number of ketones is 1. The fourth-order valence-corrected chi connectivity index (χ4v) is 4.05. The van der Waals surface area contributed by atoms with Gasteiger partial charge in [-0.3, -0.25) is 14.9 Å². The molecule has 1 aliphatic rings. The minimum absolute atomic E-state index is 0.0575. The van der Waals surface area contributed by atoms with Crippen molar-refractivity contribution in [1.29, 1.82) is 0 Å². The van der Waals surface area contributed by atoms with Crippen LogP contribution in [0.1, 0.15) is 21.7 Å². The first-order chi connectivity index (χ1) is 12.9. The summed E-state index contributed by atoms with van der Waals surface area (Å²) in [6.07, 6.45) is 1.65. The Labute approximate surface area is 163 Å². The summed E-state index contributed by atoms with van der Waals surface area (Å²) in [5.74, 6) is 0.709. The summed E-state index contributed by atoms with van der Waals surface area (Å²) in [5.41, 5.74) is 1.51. The second kappa shape index (κ2) is 6.72. The molecule has 0 saturated carbocycles. The van der Waals surface area contributed by atoms with Gasteiger partial charge in [0.2, 0.25) is 5.78 Å². The molecule has 7 heteroatoms. The number of nitro benzene ring substituents is 1. The molecule has 0 unspecified atom stereocenters. The Kier molecular flexibility index (Phi) is 4.37. The zero-order valence-corrected chi connectivity index (χ0v) is 15.6. The largest absolute Gasteiger partial charge is 0.456 e. The zero-order chi connectivity index (χ0) is 19.1. The second-order valence-electron chi connectivity index (χ2n) is 6.01. The summed E-state index contributed by atoms with van der Waals surface area (Å²) in [6.45, 7) is 1.71. The van der Waals surface area contributed by atoms with E-state index in [1.54, 1.807) is 31.2 Å². The van der Waals surface area contributed by atoms with Crippen LogP contribution in [0.5, 0.6) is 0 Å². The maximum atomic E-state index is 12.5. The summed E-state index contributed by atoms with van der Waals surface area (Å²) in [4.78, 5) is 24.8. The summed E-state index contributed by atoms with van der Waals surface area (Å²) in [5, 5.41) is 11.8. The van der Waals surface area contributed by atoms with Crippen LogP contribution >= 0.6 is 23.4 Å². The fraction of sp³-hybridized carbons (Fsp3) is 0.0500. The molecule has 0 atom stereocenters. The van der Waals surface area contributed by atoms with Crippen molar-refractivity contribution < 1.29 is 14.1 Å². The van der Waals surface area contributed by atoms with E-state index in [1.165, 1.54) is 23.9 Å². The molecule has 0 N–H and O–H groups in total. The van der Waals surface area contributed by atoms with Crippen molar-refractivity contribution in [3.05, 3.63) is 85.5 Å². The molecule has 0 saturated heterocycles. The Balaban J connectivity index is 1.71. The van der Waals surface area contributed by atoms with Crippen molar-refractivity contribution in [2.45, 2.75) is 11.8 Å². The number of hydrogen-bond donors (Lipinski definition) is 0. The van der Waals surface area contributed by atoms with Gasteiger partial charge in [0.15, 0.2) is 0 Å². The number of halogens is 1. The SMILES string of the molecule is Cc1cc([N+](=O)[O-])c(-c2ccc(C=C3Sc4ccccc4C3=O)o2)cc1Cl. The van der Waals surface area contributed by atoms with Crippen molar-refractivity contribution >= 4 is 40.9 Å². The number of rotatable bonds is 3. The predicted molar refractivity (Wildman–Crippen MR) is 105 cm³/mol. The normalized spacial score (nSPS) is 14.6. The summed E-state index contributed by atoms with van der Waals surface area (Å²) >= 11 is 7.51. The first-order valence-corrected chi connectivity index (χ1v) is 9.21. The monoisotopic (exact) mass is 397 g/mol. The molecule has 0 aliphatic carbocycles. The van der Waals surface area contributed by atoms with E-state index in [0.29, 0.717) is 38.1 Å². The Morgan fingerprint density at radius 1 is 1.15 bits per heavy atom. The van der Waals surface area contributed by atoms with Crippen molar-refractivity contribution in [3.63, 3.8) is 0 Å². The number of Topliss-reactive ketones (excluding diaryl/α,β-unsaturated/α-hetero) is 1. The molecule has 3 aromatic rings. The lowest BCUT2D eigenvalue weighted by Gasteiger charge is -2.03. The number of carbonyl (C=O) groups excluding carboxylic acids is 1. The van der Waals surface area contributed by atoms with Crippen LogP contribution in [0.3, 0.4) is 0 Å². The maximum Gasteiger partial charge on any atom is 0.280 e. The van der Waals surface area contributed by atoms with Crippen molar-refractivity contribution in [1.82, 2.24) is 0 Å². The molecule has 5 nitrogen and oxygen atoms in total. The van der Waals surface area contributed by atoms with E-state index >= 15 is 0 Å². The number of nitro groups is 1. The third-order valence-electron chi connectivity index (χ3n) is 4.21. The predicted octanol–water partition coefficient (Wildman–Crippen LogP) is 6.15. The van der Waals surface area contributed by atoms with Gasteiger partial charge >= 0.3 is 0 Å². The van der Waals surface area contributed by atoms with Gasteiger partial charge in [-0.25, -0.2) is 0 Å². The van der Waals surface area contributed by atoms with Gasteiger partial charge in [0, 0.05) is 21.5 Å². The molecule has 4 rings (SSSR count). The van der Waals surface area contributed by atoms with Crippen LogP contribution in [0.2, 0.25) is 5.02 Å². The van der Waals surface area contributed by atoms with E-state index in [1.807, 2.05) is 18.2 Å². The highest BCUT2D eigenvalue weighted by molar-refractivity contribution is 8.04. The Bertz CT molecular complexity index is 1130. The first-order valence-electron chi connectivity index (χ1n) is 8.02. The smallest absolute Gasteiger partial charge is 0.280 e. The molecular weight excluding hydrogens is 386 g/mol. The number of thioether (sulfide) groups is 1. The van der Waals surface area contributed by atoms with Crippen molar-refractivity contribution in [2.24, 2.45) is 0 Å². The van der Waals surface area contributed by atoms with Crippen LogP contribution in [-0.2, 0) is 0 Å². The van der Waals surface area contributed by atoms with Crippen LogP contribution in [0.15, 0.2) is 62.7 Å². The quantitative estimate of drug-likeness (QED) is 0.301. The van der Waals surface area contributed by atoms with E-state index < -0.39 is 4.92 Å². The highest BCUT2D eigenvalue weighted by atomic mass is 35.5. The van der Waals surface area contributed by atoms with E-state index in [9.17, 15) is 14.9 Å². The average Bonchev–Trinajstić information content (AvgIpc) is 3.23. The van der Waals surface area contributed by atoms with E-state index in [4.69, 9.17) is 16.0 Å². The maximum absolute atomic E-state index is 12.5. The highest BCUT2D eigenvalue weighted by Gasteiger charge is 2.26. The van der Waals surface area contributed by atoms with Crippen LogP contribution in [0.4, 0.5) is 5.69 Å². The molecule has 1 aliphatic heterocycles. The molecule has 0 spiro atoms. The minimum atomic E-state index is -0.466. The first kappa shape index (κ1) is 17.6. The highest BCUT2D eigenvalue weighted by Crippen LogP contribution is 2.41. The second-order valence-corrected chi connectivity index (χ2v) is 7.50. The number of nitrogens with zero attached hydrogens (tertiary/aromatic N) is 1. The van der Waals surface area contributed by atoms with Gasteiger partial charge in [-0.1, -0.05) is 35.5 Å². The molecule has 2 aromatic carbocycles. The van der Waals surface area contributed by atoms with Crippen LogP contribution in [0.25, 0.3) is 17.4 Å². The van der Waals surface area contributed by atoms with Gasteiger partial charge in [0.25, 0.3) is 5.69 Å². The van der Waals surface area contributed by atoms with Crippen LogP contribution in [0, 0.1) is 17.0 Å². The molecule has 2 heterocycles. The fourth-order valence-electron chi connectivity index (χ4n) is 2.85. The van der Waals surface area contributed by atoms with Gasteiger partial charge in [-0.05, 0) is 48.9 Å². The molecule has 27 heavy (non-hydrogen) atoms. The summed E-state index contributed by atoms with van der Waals surface area (Å²) < 4.78 is 5.76. The van der Waals surface area contributed by atoms with Gasteiger partial charge in [0.1, 0.15) is 11.5 Å². The molecule has 0 bridgehead atoms. The third-order valence-corrected chi connectivity index (χ3v) is 5.72. The van der Waals surface area contributed by atoms with Crippen molar-refractivity contribution in [3.8, 4) is 11.3 Å². The lowest BCUT2D eigenvalue weighted by Crippen LogP contribution is -1.93. The minimum Gasteiger partial charge on any atom is -0.456 e. The lowest BCUT2D eigenvalue weighted by molar-refractivity contribution is -0.384. The average molecular weight is 398 g/mol. The van der Waals surface area contributed by atoms with Crippen LogP contribution in [-0.4, -0.2) is 10.7 Å². The van der Waals surface area contributed by atoms with E-state index in [-0.39, 0.29) is 11.5 Å². The summed E-state index contributed by atoms with van der Waals surface area (Å²) in [6, 6.07) is 13.6. The van der Waals surface area contributed by atoms with Gasteiger partial charge in [0.05, 0.1) is 15.4 Å². The standard InChI is InChI=1S/C20H12ClNO4S/c1-11-8-16(22(24)25)14(10-15(11)21)17-7-6-12(26-17)9-19-20(23)13-4-2-3-5-18(13)27-19/h2-10H,1H3. The van der Waals surface area contributed by atoms with Gasteiger partial charge < -0.3 is 4.42 Å². The van der Waals surface area contributed by atoms with Crippen molar-refractivity contribution in [2.75, 3.05) is 0 Å². The van der Waals surface area contributed by atoms with Crippen LogP contribution < -0.4 is 0 Å². The van der Waals surface area contributed by atoms with Gasteiger partial charge in [-0.15, -0.1) is 0 Å². The molecule has 0 radical (unpaired) electrons. The molecular formula is C20H12ClNO4S. The molecule has 0 amide bonds. The number of allylic oxidation sites excluding steroid dienone is 1. The van der Waals surface area contributed by atoms with Gasteiger partial charge in [-0.2, -0.15) is 0 Å². The third kappa shape index (κ3) is 3.18. The number of carbonyl (C=O) groups is 1. The lowest BCUT2D eigenvalue weighted by atomic mass is 10.1. The number of fused-ring (bicyclic) bond motifs is 1. The van der Waals surface area contributed by atoms with E-state index in [2.05, 4.69) is 0 Å². The number of benzene rings is 2. The number of aryl methyl sites for hydroxylation is 1. The topological polar surface area (TPSA) is 73.3 Å². The molecule has 134 valence electrons. The Morgan fingerprint density at radius 3 is 2.67 bits per heavy atom. The number of furan rings is 1. The van der Waals surface area contributed by atoms with E-state index in [0.717, 1.165) is 4.90 Å². The summed E-state index contributed by atoms with van der Waals surface area (Å²) in [7, 11) is 0. The molecule has 1 aromatic heterocycles. The Hall–Kier alpha value is -2.83.